The van der Waals surface area contributed by atoms with Gasteiger partial charge in [-0.3, -0.25) is 0 Å². The smallest absolute Gasteiger partial charge is 0.234 e. The molecule has 1 aliphatic rings. The highest BCUT2D eigenvalue weighted by molar-refractivity contribution is 7.16. The predicted molar refractivity (Wildman–Crippen MR) is 67.4 cm³/mol. The van der Waals surface area contributed by atoms with Crippen LogP contribution >= 0.6 is 11.3 Å². The van der Waals surface area contributed by atoms with Gasteiger partial charge >= 0.3 is 0 Å². The van der Waals surface area contributed by atoms with Gasteiger partial charge < -0.3 is 4.90 Å². The zero-order chi connectivity index (χ0) is 11.7. The molecule has 0 N–H and O–H groups in total. The Kier molecular flexibility index (Phi) is 3.07. The Morgan fingerprint density at radius 2 is 2.00 bits per heavy atom. The Hall–Kier alpha value is -1.01. The number of hydrogen-bond acceptors (Lipinski definition) is 5. The summed E-state index contributed by atoms with van der Waals surface area (Å²) < 4.78 is 1.89. The molecule has 0 saturated carbocycles. The van der Waals surface area contributed by atoms with Gasteiger partial charge in [-0.2, -0.15) is 9.61 Å². The molecule has 0 atom stereocenters. The molecule has 2 aromatic heterocycles. The molecule has 3 rings (SSSR count). The van der Waals surface area contributed by atoms with Crippen LogP contribution in [-0.4, -0.2) is 44.3 Å². The van der Waals surface area contributed by atoms with Crippen LogP contribution in [0.3, 0.4) is 0 Å². The van der Waals surface area contributed by atoms with E-state index in [0.29, 0.717) is 0 Å². The summed E-state index contributed by atoms with van der Waals surface area (Å²) in [6.07, 6.45) is 5.01. The van der Waals surface area contributed by atoms with E-state index in [-0.39, 0.29) is 0 Å². The molecule has 0 unspecified atom stereocenters. The molecule has 5 nitrogen and oxygen atoms in total. The largest absolute Gasteiger partial charge is 0.303 e. The van der Waals surface area contributed by atoms with Crippen LogP contribution < -0.4 is 0 Å². The first-order valence-corrected chi connectivity index (χ1v) is 7.05. The zero-order valence-electron chi connectivity index (χ0n) is 10.1. The van der Waals surface area contributed by atoms with E-state index < -0.39 is 0 Å². The highest BCUT2D eigenvalue weighted by atomic mass is 32.1. The van der Waals surface area contributed by atoms with Crippen molar-refractivity contribution < 1.29 is 0 Å². The topological polar surface area (TPSA) is 46.3 Å². The third kappa shape index (κ3) is 2.32. The van der Waals surface area contributed by atoms with Gasteiger partial charge in [0, 0.05) is 13.0 Å². The van der Waals surface area contributed by atoms with Crippen LogP contribution in [0.4, 0.5) is 0 Å². The number of fused-ring (bicyclic) bond motifs is 1. The lowest BCUT2D eigenvalue weighted by Gasteiger charge is -2.25. The first kappa shape index (κ1) is 11.1. The van der Waals surface area contributed by atoms with Crippen LogP contribution in [-0.2, 0) is 6.42 Å². The van der Waals surface area contributed by atoms with E-state index in [1.54, 1.807) is 11.3 Å². The molecule has 0 aromatic carbocycles. The lowest BCUT2D eigenvalue weighted by Crippen LogP contribution is -2.31. The van der Waals surface area contributed by atoms with Crippen LogP contribution in [0.1, 0.15) is 30.1 Å². The molecule has 2 aromatic rings. The SMILES string of the molecule is Cc1nn2c(CCN3CCCCC3)nnc2s1. The third-order valence-electron chi connectivity index (χ3n) is 3.26. The van der Waals surface area contributed by atoms with Crippen LogP contribution in [0.15, 0.2) is 0 Å². The average molecular weight is 251 g/mol. The number of rotatable bonds is 3. The van der Waals surface area contributed by atoms with Gasteiger partial charge in [-0.15, -0.1) is 10.2 Å². The van der Waals surface area contributed by atoms with Gasteiger partial charge in [0.05, 0.1) is 0 Å². The number of likely N-dealkylation sites (tertiary alicyclic amines) is 1. The summed E-state index contributed by atoms with van der Waals surface area (Å²) in [7, 11) is 0. The number of hydrogen-bond donors (Lipinski definition) is 0. The fraction of sp³-hybridized carbons (Fsp3) is 0.727. The lowest BCUT2D eigenvalue weighted by molar-refractivity contribution is 0.230. The maximum absolute atomic E-state index is 4.43. The Labute approximate surface area is 104 Å². The quantitative estimate of drug-likeness (QED) is 0.830. The molecule has 1 fully saturated rings. The van der Waals surface area contributed by atoms with Crippen molar-refractivity contribution in [3.8, 4) is 0 Å². The van der Waals surface area contributed by atoms with Gasteiger partial charge in [-0.1, -0.05) is 17.8 Å². The number of nitrogens with zero attached hydrogens (tertiary/aromatic N) is 5. The van der Waals surface area contributed by atoms with E-state index in [1.165, 1.54) is 32.4 Å². The molecule has 0 aliphatic carbocycles. The average Bonchev–Trinajstić information content (AvgIpc) is 2.87. The monoisotopic (exact) mass is 251 g/mol. The zero-order valence-corrected chi connectivity index (χ0v) is 10.9. The number of aromatic nitrogens is 4. The fourth-order valence-electron chi connectivity index (χ4n) is 2.35. The highest BCUT2D eigenvalue weighted by Gasteiger charge is 2.13. The minimum atomic E-state index is 0.913. The standard InChI is InChI=1S/C11H17N5S/c1-9-14-16-10(12-13-11(16)17-9)5-8-15-6-3-2-4-7-15/h2-8H2,1H3. The molecular weight excluding hydrogens is 234 g/mol. The summed E-state index contributed by atoms with van der Waals surface area (Å²) in [5.41, 5.74) is 0. The summed E-state index contributed by atoms with van der Waals surface area (Å²) in [6.45, 7) is 5.56. The second-order valence-electron chi connectivity index (χ2n) is 4.58. The molecule has 1 aliphatic heterocycles. The maximum atomic E-state index is 4.43. The van der Waals surface area contributed by atoms with Crippen molar-refractivity contribution in [1.29, 1.82) is 0 Å². The van der Waals surface area contributed by atoms with Crippen LogP contribution in [0, 0.1) is 6.92 Å². The van der Waals surface area contributed by atoms with E-state index in [4.69, 9.17) is 0 Å². The Balaban J connectivity index is 1.67. The maximum Gasteiger partial charge on any atom is 0.234 e. The van der Waals surface area contributed by atoms with Crippen molar-refractivity contribution in [3.63, 3.8) is 0 Å². The minimum absolute atomic E-state index is 0.913. The van der Waals surface area contributed by atoms with Crippen molar-refractivity contribution in [2.75, 3.05) is 19.6 Å². The summed E-state index contributed by atoms with van der Waals surface area (Å²) >= 11 is 1.60. The van der Waals surface area contributed by atoms with Crippen molar-refractivity contribution in [3.05, 3.63) is 10.8 Å². The van der Waals surface area contributed by atoms with E-state index >= 15 is 0 Å². The molecular formula is C11H17N5S. The minimum Gasteiger partial charge on any atom is -0.303 e. The molecule has 0 spiro atoms. The first-order valence-electron chi connectivity index (χ1n) is 6.23. The third-order valence-corrected chi connectivity index (χ3v) is 4.07. The van der Waals surface area contributed by atoms with E-state index in [9.17, 15) is 0 Å². The summed E-state index contributed by atoms with van der Waals surface area (Å²) in [5.74, 6) is 0.995. The molecule has 92 valence electrons. The van der Waals surface area contributed by atoms with Gasteiger partial charge in [0.25, 0.3) is 0 Å². The van der Waals surface area contributed by atoms with Crippen LogP contribution in [0.2, 0.25) is 0 Å². The van der Waals surface area contributed by atoms with Gasteiger partial charge in [-0.25, -0.2) is 0 Å². The van der Waals surface area contributed by atoms with Gasteiger partial charge in [-0.05, 0) is 32.9 Å². The van der Waals surface area contributed by atoms with Crippen LogP contribution in [0.5, 0.6) is 0 Å². The van der Waals surface area contributed by atoms with Gasteiger partial charge in [0.15, 0.2) is 5.82 Å². The molecule has 6 heteroatoms. The normalized spacial score (nSPS) is 17.9. The number of piperidine rings is 1. The molecule has 0 amide bonds. The van der Waals surface area contributed by atoms with Crippen molar-refractivity contribution in [2.45, 2.75) is 32.6 Å². The Bertz CT molecular complexity index is 497. The van der Waals surface area contributed by atoms with Crippen molar-refractivity contribution in [1.82, 2.24) is 24.7 Å². The highest BCUT2D eigenvalue weighted by Crippen LogP contribution is 2.14. The van der Waals surface area contributed by atoms with Gasteiger partial charge in [0.1, 0.15) is 5.01 Å². The molecule has 1 saturated heterocycles. The predicted octanol–water partition coefficient (Wildman–Crippen LogP) is 1.52. The van der Waals surface area contributed by atoms with E-state index in [0.717, 1.165) is 28.8 Å². The van der Waals surface area contributed by atoms with Crippen molar-refractivity contribution >= 4 is 16.3 Å². The molecule has 17 heavy (non-hydrogen) atoms. The molecule has 0 bridgehead atoms. The van der Waals surface area contributed by atoms with E-state index in [1.807, 2.05) is 11.4 Å². The van der Waals surface area contributed by atoms with Gasteiger partial charge in [0.2, 0.25) is 4.96 Å². The Morgan fingerprint density at radius 3 is 2.82 bits per heavy atom. The second-order valence-corrected chi connectivity index (χ2v) is 5.74. The van der Waals surface area contributed by atoms with Crippen LogP contribution in [0.25, 0.3) is 4.96 Å². The summed E-state index contributed by atoms with van der Waals surface area (Å²) in [6, 6.07) is 0. The molecule has 3 heterocycles. The second kappa shape index (κ2) is 4.70. The summed E-state index contributed by atoms with van der Waals surface area (Å²) in [4.78, 5) is 3.43. The first-order chi connectivity index (χ1) is 8.33. The summed E-state index contributed by atoms with van der Waals surface area (Å²) in [5, 5.41) is 13.8. The number of aryl methyl sites for hydroxylation is 1. The molecule has 0 radical (unpaired) electrons. The van der Waals surface area contributed by atoms with Crippen molar-refractivity contribution in [2.24, 2.45) is 0 Å². The van der Waals surface area contributed by atoms with E-state index in [2.05, 4.69) is 20.2 Å². The fourth-order valence-corrected chi connectivity index (χ4v) is 3.05. The Morgan fingerprint density at radius 1 is 1.18 bits per heavy atom. The lowest BCUT2D eigenvalue weighted by atomic mass is 10.1.